The molecule has 9 nitrogen and oxygen atoms in total. The fourth-order valence-corrected chi connectivity index (χ4v) is 1.78. The maximum Gasteiger partial charge on any atom is 0.353 e. The summed E-state index contributed by atoms with van der Waals surface area (Å²) in [4.78, 5) is 20.5. The van der Waals surface area contributed by atoms with Gasteiger partial charge in [0.05, 0.1) is 22.6 Å². The third-order valence-corrected chi connectivity index (χ3v) is 2.73. The van der Waals surface area contributed by atoms with Crippen molar-refractivity contribution in [2.75, 3.05) is 7.11 Å². The summed E-state index contributed by atoms with van der Waals surface area (Å²) in [5.74, 6) is -0.106. The average molecular weight is 278 g/mol. The van der Waals surface area contributed by atoms with Gasteiger partial charge in [0.25, 0.3) is 5.69 Å². The number of benzene rings is 1. The van der Waals surface area contributed by atoms with Crippen LogP contribution in [0.15, 0.2) is 24.3 Å². The quantitative estimate of drug-likeness (QED) is 0.624. The van der Waals surface area contributed by atoms with Gasteiger partial charge in [-0.25, -0.2) is 4.68 Å². The third kappa shape index (κ3) is 2.16. The molecule has 0 aliphatic heterocycles. The second-order valence-corrected chi connectivity index (χ2v) is 3.89. The van der Waals surface area contributed by atoms with Gasteiger partial charge in [-0.3, -0.25) is 20.2 Å². The van der Waals surface area contributed by atoms with E-state index in [0.717, 1.165) is 0 Å². The predicted octanol–water partition coefficient (Wildman–Crippen LogP) is 2.01. The molecule has 0 aliphatic rings. The van der Waals surface area contributed by atoms with Gasteiger partial charge in [-0.1, -0.05) is 0 Å². The minimum absolute atomic E-state index is 0.0694. The lowest BCUT2D eigenvalue weighted by molar-refractivity contribution is -0.386. The van der Waals surface area contributed by atoms with E-state index in [1.165, 1.54) is 43.0 Å². The molecule has 2 rings (SSSR count). The van der Waals surface area contributed by atoms with Crippen LogP contribution in [0.2, 0.25) is 0 Å². The molecule has 1 aromatic carbocycles. The number of nitrogens with zero attached hydrogens (tertiary/aromatic N) is 4. The molecule has 0 N–H and O–H groups in total. The fraction of sp³-hybridized carbons (Fsp3) is 0.182. The van der Waals surface area contributed by atoms with Gasteiger partial charge >= 0.3 is 11.6 Å². The highest BCUT2D eigenvalue weighted by Gasteiger charge is 2.26. The van der Waals surface area contributed by atoms with E-state index in [-0.39, 0.29) is 22.9 Å². The largest absolute Gasteiger partial charge is 0.475 e. The first kappa shape index (κ1) is 13.5. The Labute approximate surface area is 112 Å². The van der Waals surface area contributed by atoms with Crippen LogP contribution in [-0.2, 0) is 0 Å². The van der Waals surface area contributed by atoms with Gasteiger partial charge in [0.1, 0.15) is 5.69 Å². The minimum Gasteiger partial charge on any atom is -0.475 e. The van der Waals surface area contributed by atoms with Gasteiger partial charge in [0.15, 0.2) is 0 Å². The molecule has 104 valence electrons. The zero-order valence-electron chi connectivity index (χ0n) is 10.6. The maximum absolute atomic E-state index is 11.0. The smallest absolute Gasteiger partial charge is 0.353 e. The van der Waals surface area contributed by atoms with Gasteiger partial charge in [0.2, 0.25) is 0 Å². The van der Waals surface area contributed by atoms with Gasteiger partial charge in [-0.15, -0.1) is 5.10 Å². The summed E-state index contributed by atoms with van der Waals surface area (Å²) < 4.78 is 6.18. The highest BCUT2D eigenvalue weighted by Crippen LogP contribution is 2.31. The minimum atomic E-state index is -0.580. The molecule has 2 aromatic rings. The van der Waals surface area contributed by atoms with Gasteiger partial charge in [-0.05, 0) is 19.1 Å². The van der Waals surface area contributed by atoms with Crippen molar-refractivity contribution >= 4 is 11.4 Å². The number of non-ortho nitro benzene ring substituents is 1. The number of ether oxygens (including phenoxy) is 1. The summed E-state index contributed by atoms with van der Waals surface area (Å²) in [5, 5.41) is 25.5. The highest BCUT2D eigenvalue weighted by molar-refractivity contribution is 5.50. The van der Waals surface area contributed by atoms with Crippen molar-refractivity contribution in [2.24, 2.45) is 0 Å². The van der Waals surface area contributed by atoms with Crippen molar-refractivity contribution in [3.8, 4) is 11.6 Å². The Morgan fingerprint density at radius 2 is 1.75 bits per heavy atom. The standard InChI is InChI=1S/C11H10N4O5/c1-7-10(15(18)19)11(20-2)12-13(7)8-3-5-9(6-4-8)14(16)17/h3-6H,1-2H3. The second-order valence-electron chi connectivity index (χ2n) is 3.89. The predicted molar refractivity (Wildman–Crippen MR) is 68.2 cm³/mol. The fourth-order valence-electron chi connectivity index (χ4n) is 1.78. The van der Waals surface area contributed by atoms with E-state index in [2.05, 4.69) is 5.10 Å². The third-order valence-electron chi connectivity index (χ3n) is 2.73. The van der Waals surface area contributed by atoms with Crippen LogP contribution in [0.5, 0.6) is 5.88 Å². The Balaban J connectivity index is 2.53. The van der Waals surface area contributed by atoms with E-state index in [1.54, 1.807) is 0 Å². The Morgan fingerprint density at radius 1 is 1.15 bits per heavy atom. The summed E-state index contributed by atoms with van der Waals surface area (Å²) in [7, 11) is 1.29. The van der Waals surface area contributed by atoms with E-state index >= 15 is 0 Å². The van der Waals surface area contributed by atoms with Gasteiger partial charge in [0, 0.05) is 12.1 Å². The van der Waals surface area contributed by atoms with Crippen molar-refractivity contribution in [2.45, 2.75) is 6.92 Å². The molecule has 0 atom stereocenters. The van der Waals surface area contributed by atoms with Crippen LogP contribution >= 0.6 is 0 Å². The molecule has 0 aliphatic carbocycles. The zero-order valence-corrected chi connectivity index (χ0v) is 10.6. The van der Waals surface area contributed by atoms with Crippen LogP contribution in [-0.4, -0.2) is 26.7 Å². The number of hydrogen-bond donors (Lipinski definition) is 0. The molecule has 20 heavy (non-hydrogen) atoms. The molecule has 0 radical (unpaired) electrons. The van der Waals surface area contributed by atoms with Crippen LogP contribution in [0.1, 0.15) is 5.69 Å². The molecule has 0 spiro atoms. The number of nitro benzene ring substituents is 1. The molecule has 0 bridgehead atoms. The van der Waals surface area contributed by atoms with E-state index in [4.69, 9.17) is 4.74 Å². The lowest BCUT2D eigenvalue weighted by Gasteiger charge is -2.02. The highest BCUT2D eigenvalue weighted by atomic mass is 16.6. The molecule has 9 heteroatoms. The van der Waals surface area contributed by atoms with Gasteiger partial charge < -0.3 is 4.74 Å². The Morgan fingerprint density at radius 3 is 2.15 bits per heavy atom. The molecule has 1 aromatic heterocycles. The van der Waals surface area contributed by atoms with Crippen LogP contribution in [0, 0.1) is 27.2 Å². The lowest BCUT2D eigenvalue weighted by Crippen LogP contribution is -2.00. The summed E-state index contributed by atoms with van der Waals surface area (Å²) >= 11 is 0. The first-order chi connectivity index (χ1) is 9.45. The topological polar surface area (TPSA) is 113 Å². The number of rotatable bonds is 4. The number of hydrogen-bond acceptors (Lipinski definition) is 6. The molecule has 0 unspecified atom stereocenters. The normalized spacial score (nSPS) is 10.3. The van der Waals surface area contributed by atoms with E-state index in [0.29, 0.717) is 5.69 Å². The van der Waals surface area contributed by atoms with Crippen LogP contribution in [0.4, 0.5) is 11.4 Å². The van der Waals surface area contributed by atoms with E-state index in [1.807, 2.05) is 0 Å². The SMILES string of the molecule is COc1nn(-c2ccc([N+](=O)[O-])cc2)c(C)c1[N+](=O)[O-]. The van der Waals surface area contributed by atoms with Gasteiger partial charge in [-0.2, -0.15) is 0 Å². The molecular formula is C11H10N4O5. The van der Waals surface area contributed by atoms with Crippen LogP contribution < -0.4 is 4.74 Å². The Bertz CT molecular complexity index is 677. The maximum atomic E-state index is 11.0. The summed E-state index contributed by atoms with van der Waals surface area (Å²) in [6.07, 6.45) is 0. The van der Waals surface area contributed by atoms with Crippen molar-refractivity contribution in [3.05, 3.63) is 50.2 Å². The number of nitro groups is 2. The first-order valence-corrected chi connectivity index (χ1v) is 5.48. The van der Waals surface area contributed by atoms with Crippen molar-refractivity contribution < 1.29 is 14.6 Å². The van der Waals surface area contributed by atoms with E-state index < -0.39 is 9.85 Å². The zero-order chi connectivity index (χ0) is 14.9. The number of methoxy groups -OCH3 is 1. The Kier molecular flexibility index (Phi) is 3.34. The van der Waals surface area contributed by atoms with E-state index in [9.17, 15) is 20.2 Å². The molecule has 0 saturated carbocycles. The van der Waals surface area contributed by atoms with Crippen molar-refractivity contribution in [3.63, 3.8) is 0 Å². The summed E-state index contributed by atoms with van der Waals surface area (Å²) in [6, 6.07) is 5.52. The molecule has 0 saturated heterocycles. The lowest BCUT2D eigenvalue weighted by atomic mass is 10.3. The summed E-state index contributed by atoms with van der Waals surface area (Å²) in [6.45, 7) is 1.52. The number of aromatic nitrogens is 2. The monoisotopic (exact) mass is 278 g/mol. The Hall–Kier alpha value is -2.97. The molecule has 0 fully saturated rings. The van der Waals surface area contributed by atoms with Crippen LogP contribution in [0.3, 0.4) is 0 Å². The second kappa shape index (κ2) is 4.96. The summed E-state index contributed by atoms with van der Waals surface area (Å²) in [5.41, 5.74) is 0.450. The molecule has 0 amide bonds. The first-order valence-electron chi connectivity index (χ1n) is 5.48. The average Bonchev–Trinajstić information content (AvgIpc) is 2.75. The van der Waals surface area contributed by atoms with Crippen molar-refractivity contribution in [1.82, 2.24) is 9.78 Å². The van der Waals surface area contributed by atoms with Crippen molar-refractivity contribution in [1.29, 1.82) is 0 Å². The molecular weight excluding hydrogens is 268 g/mol. The van der Waals surface area contributed by atoms with Crippen LogP contribution in [0.25, 0.3) is 5.69 Å². The molecule has 1 heterocycles.